The number of rotatable bonds is 3. The minimum Gasteiger partial charge on any atom is -0.497 e. The summed E-state index contributed by atoms with van der Waals surface area (Å²) < 4.78 is 33.5. The fraction of sp³-hybridized carbons (Fsp3) is 0.278. The Morgan fingerprint density at radius 1 is 1.08 bits per heavy atom. The first-order valence-electron chi connectivity index (χ1n) is 7.73. The molecular formula is C18H19ClF2N2O2. The van der Waals surface area contributed by atoms with Crippen LogP contribution < -0.4 is 10.1 Å². The second kappa shape index (κ2) is 8.27. The van der Waals surface area contributed by atoms with Crippen molar-refractivity contribution in [2.45, 2.75) is 0 Å². The molecule has 3 rings (SSSR count). The van der Waals surface area contributed by atoms with Crippen molar-refractivity contribution >= 4 is 18.3 Å². The number of carbonyl (C=O) groups is 1. The summed E-state index contributed by atoms with van der Waals surface area (Å²) in [4.78, 5) is 14.0. The van der Waals surface area contributed by atoms with E-state index in [1.807, 2.05) is 0 Å². The van der Waals surface area contributed by atoms with Crippen molar-refractivity contribution in [1.29, 1.82) is 0 Å². The third-order valence-electron chi connectivity index (χ3n) is 4.09. The maximum atomic E-state index is 14.4. The van der Waals surface area contributed by atoms with Gasteiger partial charge in [0, 0.05) is 37.8 Å². The fourth-order valence-electron chi connectivity index (χ4n) is 2.75. The number of hydrogen-bond acceptors (Lipinski definition) is 3. The average Bonchev–Trinajstić information content (AvgIpc) is 2.61. The van der Waals surface area contributed by atoms with Crippen molar-refractivity contribution in [2.24, 2.45) is 0 Å². The van der Waals surface area contributed by atoms with Crippen molar-refractivity contribution in [2.75, 3.05) is 33.3 Å². The third-order valence-corrected chi connectivity index (χ3v) is 4.09. The van der Waals surface area contributed by atoms with E-state index < -0.39 is 11.6 Å². The van der Waals surface area contributed by atoms with Gasteiger partial charge in [-0.2, -0.15) is 0 Å². The Morgan fingerprint density at radius 2 is 1.80 bits per heavy atom. The summed E-state index contributed by atoms with van der Waals surface area (Å²) >= 11 is 0. The predicted octanol–water partition coefficient (Wildman–Crippen LogP) is 3.11. The van der Waals surface area contributed by atoms with Gasteiger partial charge < -0.3 is 15.0 Å². The Kier molecular flexibility index (Phi) is 6.33. The third kappa shape index (κ3) is 4.08. The van der Waals surface area contributed by atoms with Crippen LogP contribution >= 0.6 is 12.4 Å². The molecule has 1 aliphatic rings. The molecule has 1 fully saturated rings. The van der Waals surface area contributed by atoms with Crippen LogP contribution in [0.2, 0.25) is 0 Å². The highest BCUT2D eigenvalue weighted by atomic mass is 35.5. The molecule has 0 unspecified atom stereocenters. The van der Waals surface area contributed by atoms with E-state index >= 15 is 0 Å². The summed E-state index contributed by atoms with van der Waals surface area (Å²) in [6.07, 6.45) is 0. The van der Waals surface area contributed by atoms with E-state index in [4.69, 9.17) is 4.74 Å². The number of methoxy groups -OCH3 is 1. The van der Waals surface area contributed by atoms with Crippen LogP contribution in [-0.2, 0) is 0 Å². The van der Waals surface area contributed by atoms with E-state index in [0.29, 0.717) is 37.5 Å². The molecule has 1 heterocycles. The minimum atomic E-state index is -0.647. The lowest BCUT2D eigenvalue weighted by Crippen LogP contribution is -2.46. The molecule has 0 saturated carbocycles. The predicted molar refractivity (Wildman–Crippen MR) is 94.4 cm³/mol. The summed E-state index contributed by atoms with van der Waals surface area (Å²) in [5, 5.41) is 3.14. The fourth-order valence-corrected chi connectivity index (χ4v) is 2.75. The molecule has 0 radical (unpaired) electrons. The smallest absolute Gasteiger partial charge is 0.256 e. The molecular weight excluding hydrogens is 350 g/mol. The zero-order chi connectivity index (χ0) is 17.1. The van der Waals surface area contributed by atoms with E-state index in [1.54, 1.807) is 17.0 Å². The molecule has 1 saturated heterocycles. The molecule has 134 valence electrons. The summed E-state index contributed by atoms with van der Waals surface area (Å²) in [6.45, 7) is 2.49. The van der Waals surface area contributed by atoms with Crippen LogP contribution in [0.1, 0.15) is 10.4 Å². The molecule has 0 spiro atoms. The number of halogens is 3. The van der Waals surface area contributed by atoms with E-state index in [9.17, 15) is 13.6 Å². The van der Waals surface area contributed by atoms with Gasteiger partial charge in [0.2, 0.25) is 0 Å². The molecule has 4 nitrogen and oxygen atoms in total. The molecule has 1 aliphatic heterocycles. The van der Waals surface area contributed by atoms with Crippen LogP contribution in [0, 0.1) is 11.6 Å². The van der Waals surface area contributed by atoms with Gasteiger partial charge in [-0.15, -0.1) is 12.4 Å². The lowest BCUT2D eigenvalue weighted by Gasteiger charge is -2.27. The number of ether oxygens (including phenoxy) is 1. The quantitative estimate of drug-likeness (QED) is 0.905. The average molecular weight is 369 g/mol. The van der Waals surface area contributed by atoms with Gasteiger partial charge in [0.25, 0.3) is 5.91 Å². The minimum absolute atomic E-state index is 0. The van der Waals surface area contributed by atoms with E-state index in [2.05, 4.69) is 5.32 Å². The molecule has 2 aromatic carbocycles. The zero-order valence-corrected chi connectivity index (χ0v) is 14.5. The number of carbonyl (C=O) groups excluding carboxylic acids is 1. The van der Waals surface area contributed by atoms with Gasteiger partial charge in [0.15, 0.2) is 0 Å². The number of nitrogens with zero attached hydrogens (tertiary/aromatic N) is 1. The van der Waals surface area contributed by atoms with Crippen LogP contribution in [0.4, 0.5) is 8.78 Å². The normalized spacial score (nSPS) is 14.0. The second-order valence-electron chi connectivity index (χ2n) is 5.58. The zero-order valence-electron chi connectivity index (χ0n) is 13.7. The lowest BCUT2D eigenvalue weighted by atomic mass is 10.0. The van der Waals surface area contributed by atoms with Crippen molar-refractivity contribution in [1.82, 2.24) is 10.2 Å². The Bertz CT molecular complexity index is 765. The first-order chi connectivity index (χ1) is 11.6. The number of benzene rings is 2. The van der Waals surface area contributed by atoms with Crippen LogP contribution in [-0.4, -0.2) is 44.1 Å². The lowest BCUT2D eigenvalue weighted by molar-refractivity contribution is 0.0731. The molecule has 7 heteroatoms. The van der Waals surface area contributed by atoms with Gasteiger partial charge in [-0.25, -0.2) is 8.78 Å². The van der Waals surface area contributed by atoms with Gasteiger partial charge in [-0.1, -0.05) is 6.07 Å². The van der Waals surface area contributed by atoms with Crippen LogP contribution in [0.5, 0.6) is 5.75 Å². The molecule has 0 atom stereocenters. The van der Waals surface area contributed by atoms with Crippen LogP contribution in [0.25, 0.3) is 11.1 Å². The summed E-state index contributed by atoms with van der Waals surface area (Å²) in [5.41, 5.74) is 0.648. The Labute approximate surface area is 151 Å². The van der Waals surface area contributed by atoms with Crippen molar-refractivity contribution in [3.05, 3.63) is 53.6 Å². The SMILES string of the molecule is COc1ccc(-c2ccc(C(=O)N3CCNCC3)c(F)c2)c(F)c1.Cl. The van der Waals surface area contributed by atoms with E-state index in [0.717, 1.165) is 0 Å². The molecule has 0 aromatic heterocycles. The molecule has 2 aromatic rings. The summed E-state index contributed by atoms with van der Waals surface area (Å²) in [6, 6.07) is 8.55. The highest BCUT2D eigenvalue weighted by Crippen LogP contribution is 2.28. The monoisotopic (exact) mass is 368 g/mol. The van der Waals surface area contributed by atoms with Gasteiger partial charge in [0.05, 0.1) is 12.7 Å². The van der Waals surface area contributed by atoms with Gasteiger partial charge in [-0.3, -0.25) is 4.79 Å². The van der Waals surface area contributed by atoms with Gasteiger partial charge in [-0.05, 0) is 29.8 Å². The van der Waals surface area contributed by atoms with E-state index in [-0.39, 0.29) is 29.4 Å². The van der Waals surface area contributed by atoms with Crippen molar-refractivity contribution in [3.63, 3.8) is 0 Å². The molecule has 25 heavy (non-hydrogen) atoms. The van der Waals surface area contributed by atoms with Crippen LogP contribution in [0.3, 0.4) is 0 Å². The number of amides is 1. The molecule has 0 bridgehead atoms. The van der Waals surface area contributed by atoms with Crippen LogP contribution in [0.15, 0.2) is 36.4 Å². The highest BCUT2D eigenvalue weighted by Gasteiger charge is 2.21. The van der Waals surface area contributed by atoms with Crippen molar-refractivity contribution in [3.8, 4) is 16.9 Å². The second-order valence-corrected chi connectivity index (χ2v) is 5.58. The first kappa shape index (κ1) is 19.1. The number of hydrogen-bond donors (Lipinski definition) is 1. The Hall–Kier alpha value is -2.18. The number of piperazine rings is 1. The summed E-state index contributed by atoms with van der Waals surface area (Å²) in [5.74, 6) is -1.10. The van der Waals surface area contributed by atoms with E-state index in [1.165, 1.54) is 31.4 Å². The van der Waals surface area contributed by atoms with Gasteiger partial charge in [0.1, 0.15) is 17.4 Å². The standard InChI is InChI=1S/C18H18F2N2O2.ClH/c1-24-13-3-5-14(17(20)11-13)12-2-4-15(16(19)10-12)18(23)22-8-6-21-7-9-22;/h2-5,10-11,21H,6-9H2,1H3;1H. The largest absolute Gasteiger partial charge is 0.497 e. The Balaban J connectivity index is 0.00000225. The highest BCUT2D eigenvalue weighted by molar-refractivity contribution is 5.95. The maximum Gasteiger partial charge on any atom is 0.256 e. The molecule has 1 amide bonds. The molecule has 0 aliphatic carbocycles. The van der Waals surface area contributed by atoms with Gasteiger partial charge >= 0.3 is 0 Å². The number of nitrogens with one attached hydrogen (secondary N) is 1. The first-order valence-corrected chi connectivity index (χ1v) is 7.73. The van der Waals surface area contributed by atoms with Crippen molar-refractivity contribution < 1.29 is 18.3 Å². The molecule has 1 N–H and O–H groups in total. The summed E-state index contributed by atoms with van der Waals surface area (Å²) in [7, 11) is 1.45. The topological polar surface area (TPSA) is 41.6 Å². The Morgan fingerprint density at radius 3 is 2.40 bits per heavy atom. The maximum absolute atomic E-state index is 14.4.